The van der Waals surface area contributed by atoms with E-state index >= 15 is 0 Å². The zero-order valence-corrected chi connectivity index (χ0v) is 10.8. The van der Waals surface area contributed by atoms with Crippen molar-refractivity contribution in [2.24, 2.45) is 5.73 Å². The van der Waals surface area contributed by atoms with Crippen LogP contribution < -0.4 is 5.73 Å². The molecule has 1 aliphatic rings. The average molecular weight is 243 g/mol. The van der Waals surface area contributed by atoms with Crippen molar-refractivity contribution < 1.29 is 0 Å². The Kier molecular flexibility index (Phi) is 2.85. The molecule has 3 rings (SSSR count). The fourth-order valence-electron chi connectivity index (χ4n) is 2.69. The van der Waals surface area contributed by atoms with E-state index in [1.54, 1.807) is 0 Å². The summed E-state index contributed by atoms with van der Waals surface area (Å²) in [6.45, 7) is 2.23. The maximum absolute atomic E-state index is 6.37. The maximum Gasteiger partial charge on any atom is 0.0418 e. The summed E-state index contributed by atoms with van der Waals surface area (Å²) in [5, 5.41) is 3.28. The van der Waals surface area contributed by atoms with Gasteiger partial charge in [-0.25, -0.2) is 0 Å². The third-order valence-electron chi connectivity index (χ3n) is 3.68. The van der Waals surface area contributed by atoms with Gasteiger partial charge in [0.25, 0.3) is 0 Å². The molecule has 0 saturated heterocycles. The van der Waals surface area contributed by atoms with Crippen LogP contribution in [-0.2, 0) is 5.75 Å². The molecule has 0 radical (unpaired) electrons. The van der Waals surface area contributed by atoms with Crippen LogP contribution in [0.1, 0.15) is 30.5 Å². The molecule has 0 fully saturated rings. The molecule has 2 atom stereocenters. The van der Waals surface area contributed by atoms with Crippen LogP contribution in [0.2, 0.25) is 0 Å². The molecule has 1 heterocycles. The molecule has 2 aromatic rings. The highest BCUT2D eigenvalue weighted by Crippen LogP contribution is 2.40. The van der Waals surface area contributed by atoms with Crippen molar-refractivity contribution in [2.45, 2.75) is 30.4 Å². The van der Waals surface area contributed by atoms with E-state index in [9.17, 15) is 0 Å². The first-order valence-corrected chi connectivity index (χ1v) is 7.24. The molecular formula is C15H17NS. The molecule has 17 heavy (non-hydrogen) atoms. The Morgan fingerprint density at radius 1 is 1.24 bits per heavy atom. The Morgan fingerprint density at radius 3 is 2.88 bits per heavy atom. The minimum atomic E-state index is 0.193. The van der Waals surface area contributed by atoms with Crippen molar-refractivity contribution in [1.29, 1.82) is 0 Å². The SMILES string of the molecule is CCC1SCc2c(ccc3ccccc23)C1N. The summed E-state index contributed by atoms with van der Waals surface area (Å²) in [4.78, 5) is 0. The van der Waals surface area contributed by atoms with Crippen LogP contribution in [0.25, 0.3) is 10.8 Å². The van der Waals surface area contributed by atoms with Gasteiger partial charge in [-0.05, 0) is 28.3 Å². The van der Waals surface area contributed by atoms with Gasteiger partial charge in [0.15, 0.2) is 0 Å². The first-order valence-electron chi connectivity index (χ1n) is 6.19. The summed E-state index contributed by atoms with van der Waals surface area (Å²) in [7, 11) is 0. The quantitative estimate of drug-likeness (QED) is 0.823. The van der Waals surface area contributed by atoms with Gasteiger partial charge in [-0.2, -0.15) is 11.8 Å². The average Bonchev–Trinajstić information content (AvgIpc) is 2.39. The number of nitrogens with two attached hydrogens (primary N) is 1. The molecule has 0 aromatic heterocycles. The zero-order chi connectivity index (χ0) is 11.8. The summed E-state index contributed by atoms with van der Waals surface area (Å²) in [5.74, 6) is 1.10. The summed E-state index contributed by atoms with van der Waals surface area (Å²) < 4.78 is 0. The maximum atomic E-state index is 6.37. The van der Waals surface area contributed by atoms with Crippen LogP contribution >= 0.6 is 11.8 Å². The first-order chi connectivity index (χ1) is 8.31. The minimum Gasteiger partial charge on any atom is -0.323 e. The molecule has 0 aliphatic carbocycles. The van der Waals surface area contributed by atoms with Crippen LogP contribution in [-0.4, -0.2) is 5.25 Å². The number of fused-ring (bicyclic) bond motifs is 3. The van der Waals surface area contributed by atoms with Crippen LogP contribution in [0.4, 0.5) is 0 Å². The molecule has 0 spiro atoms. The fourth-order valence-corrected chi connectivity index (χ4v) is 3.98. The van der Waals surface area contributed by atoms with E-state index in [0.29, 0.717) is 5.25 Å². The Balaban J connectivity index is 2.19. The highest BCUT2D eigenvalue weighted by atomic mass is 32.2. The lowest BCUT2D eigenvalue weighted by Crippen LogP contribution is -2.27. The topological polar surface area (TPSA) is 26.0 Å². The summed E-state index contributed by atoms with van der Waals surface area (Å²) >= 11 is 2.00. The Labute approximate surface area is 106 Å². The van der Waals surface area contributed by atoms with Crippen LogP contribution in [0, 0.1) is 0 Å². The molecule has 2 heteroatoms. The van der Waals surface area contributed by atoms with E-state index in [0.717, 1.165) is 12.2 Å². The summed E-state index contributed by atoms with van der Waals surface area (Å²) in [6, 6.07) is 13.2. The van der Waals surface area contributed by atoms with Crippen molar-refractivity contribution in [3.8, 4) is 0 Å². The first kappa shape index (κ1) is 11.1. The molecule has 1 aliphatic heterocycles. The van der Waals surface area contributed by atoms with Gasteiger partial charge in [-0.1, -0.05) is 43.3 Å². The monoisotopic (exact) mass is 243 g/mol. The molecule has 1 nitrogen and oxygen atoms in total. The second kappa shape index (κ2) is 4.35. The third-order valence-corrected chi connectivity index (χ3v) is 5.19. The number of benzene rings is 2. The van der Waals surface area contributed by atoms with Gasteiger partial charge in [0.2, 0.25) is 0 Å². The van der Waals surface area contributed by atoms with Gasteiger partial charge in [0, 0.05) is 17.0 Å². The Morgan fingerprint density at radius 2 is 2.06 bits per heavy atom. The van der Waals surface area contributed by atoms with E-state index in [1.807, 2.05) is 11.8 Å². The smallest absolute Gasteiger partial charge is 0.0418 e. The molecular weight excluding hydrogens is 226 g/mol. The molecule has 2 N–H and O–H groups in total. The van der Waals surface area contributed by atoms with Gasteiger partial charge in [0.1, 0.15) is 0 Å². The van der Waals surface area contributed by atoms with Crippen LogP contribution in [0.5, 0.6) is 0 Å². The van der Waals surface area contributed by atoms with Crippen LogP contribution in [0.15, 0.2) is 36.4 Å². The predicted octanol–water partition coefficient (Wildman–Crippen LogP) is 3.87. The van der Waals surface area contributed by atoms with Crippen molar-refractivity contribution in [3.63, 3.8) is 0 Å². The van der Waals surface area contributed by atoms with Gasteiger partial charge in [-0.15, -0.1) is 0 Å². The molecule has 0 bridgehead atoms. The molecule has 2 unspecified atom stereocenters. The summed E-state index contributed by atoms with van der Waals surface area (Å²) in [6.07, 6.45) is 1.15. The molecule has 88 valence electrons. The lowest BCUT2D eigenvalue weighted by molar-refractivity contribution is 0.645. The van der Waals surface area contributed by atoms with E-state index in [2.05, 4.69) is 43.3 Å². The normalized spacial score (nSPS) is 23.6. The van der Waals surface area contributed by atoms with Gasteiger partial charge in [0.05, 0.1) is 0 Å². The standard InChI is InChI=1S/C15H17NS/c1-2-14-15(16)12-8-7-10-5-3-4-6-11(10)13(12)9-17-14/h3-8,14-15H,2,9,16H2,1H3. The number of hydrogen-bond donors (Lipinski definition) is 1. The van der Waals surface area contributed by atoms with Crippen molar-refractivity contribution in [2.75, 3.05) is 0 Å². The van der Waals surface area contributed by atoms with Crippen molar-refractivity contribution in [3.05, 3.63) is 47.5 Å². The van der Waals surface area contributed by atoms with Gasteiger partial charge >= 0.3 is 0 Å². The predicted molar refractivity (Wildman–Crippen MR) is 76.3 cm³/mol. The number of rotatable bonds is 1. The highest BCUT2D eigenvalue weighted by Gasteiger charge is 2.26. The Bertz CT molecular complexity index is 550. The van der Waals surface area contributed by atoms with E-state index < -0.39 is 0 Å². The third kappa shape index (κ3) is 1.76. The second-order valence-electron chi connectivity index (χ2n) is 4.64. The number of thioether (sulfide) groups is 1. The molecule has 0 saturated carbocycles. The number of hydrogen-bond acceptors (Lipinski definition) is 2. The van der Waals surface area contributed by atoms with E-state index in [-0.39, 0.29) is 6.04 Å². The Hall–Kier alpha value is -0.990. The summed E-state index contributed by atoms with van der Waals surface area (Å²) in [5.41, 5.74) is 9.18. The highest BCUT2D eigenvalue weighted by molar-refractivity contribution is 7.99. The van der Waals surface area contributed by atoms with E-state index in [4.69, 9.17) is 5.73 Å². The van der Waals surface area contributed by atoms with Crippen molar-refractivity contribution in [1.82, 2.24) is 0 Å². The molecule has 2 aromatic carbocycles. The van der Waals surface area contributed by atoms with Crippen molar-refractivity contribution >= 4 is 22.5 Å². The second-order valence-corrected chi connectivity index (χ2v) is 5.87. The zero-order valence-electron chi connectivity index (χ0n) is 10.0. The fraction of sp³-hybridized carbons (Fsp3) is 0.333. The minimum absolute atomic E-state index is 0.193. The lowest BCUT2D eigenvalue weighted by atomic mass is 9.93. The van der Waals surface area contributed by atoms with E-state index in [1.165, 1.54) is 21.9 Å². The van der Waals surface area contributed by atoms with Gasteiger partial charge in [-0.3, -0.25) is 0 Å². The largest absolute Gasteiger partial charge is 0.323 e. The van der Waals surface area contributed by atoms with Crippen LogP contribution in [0.3, 0.4) is 0 Å². The lowest BCUT2D eigenvalue weighted by Gasteiger charge is -2.30. The van der Waals surface area contributed by atoms with Gasteiger partial charge < -0.3 is 5.73 Å². The molecule has 0 amide bonds.